The molecule has 0 saturated heterocycles. The molecule has 0 aliphatic rings. The number of para-hydroxylation sites is 2. The lowest BCUT2D eigenvalue weighted by Crippen LogP contribution is -2.07. The summed E-state index contributed by atoms with van der Waals surface area (Å²) in [7, 11) is 0. The molecule has 3 rings (SSSR count). The minimum Gasteiger partial charge on any atom is -0.484 e. The van der Waals surface area contributed by atoms with Crippen molar-refractivity contribution in [1.82, 2.24) is 4.57 Å². The maximum Gasteiger partial charge on any atom is 0.165 e. The second kappa shape index (κ2) is 6.20. The van der Waals surface area contributed by atoms with Crippen LogP contribution in [-0.2, 0) is 19.7 Å². The molecule has 22 heavy (non-hydrogen) atoms. The van der Waals surface area contributed by atoms with Gasteiger partial charge in [0.15, 0.2) is 11.6 Å². The van der Waals surface area contributed by atoms with Gasteiger partial charge in [-0.15, -0.1) is 0 Å². The highest BCUT2D eigenvalue weighted by Crippen LogP contribution is 2.25. The number of rotatable bonds is 5. The van der Waals surface area contributed by atoms with Gasteiger partial charge in [-0.25, -0.2) is 4.39 Å². The van der Waals surface area contributed by atoms with Gasteiger partial charge in [-0.05, 0) is 30.7 Å². The second-order valence-corrected chi connectivity index (χ2v) is 5.16. The Morgan fingerprint density at radius 3 is 2.68 bits per heavy atom. The van der Waals surface area contributed by atoms with Crippen LogP contribution in [0.4, 0.5) is 4.39 Å². The highest BCUT2D eigenvalue weighted by Gasteiger charge is 2.12. The lowest BCUT2D eigenvalue weighted by Gasteiger charge is -2.11. The van der Waals surface area contributed by atoms with Crippen molar-refractivity contribution in [3.8, 4) is 5.75 Å². The molecule has 0 aliphatic heterocycles. The van der Waals surface area contributed by atoms with E-state index < -0.39 is 0 Å². The summed E-state index contributed by atoms with van der Waals surface area (Å²) >= 11 is 0. The first-order valence-electron chi connectivity index (χ1n) is 7.42. The summed E-state index contributed by atoms with van der Waals surface area (Å²) in [4.78, 5) is 0. The van der Waals surface area contributed by atoms with Crippen LogP contribution in [0.3, 0.4) is 0 Å². The van der Waals surface area contributed by atoms with Crippen molar-refractivity contribution >= 4 is 10.9 Å². The fourth-order valence-corrected chi connectivity index (χ4v) is 2.82. The first kappa shape index (κ1) is 14.6. The molecule has 0 bridgehead atoms. The fraction of sp³-hybridized carbons (Fsp3) is 0.222. The average molecular weight is 298 g/mol. The molecule has 0 aliphatic carbocycles. The number of ether oxygens (including phenoxy) is 1. The van der Waals surface area contributed by atoms with Crippen LogP contribution in [0.15, 0.2) is 48.5 Å². The predicted molar refractivity (Wildman–Crippen MR) is 86.2 cm³/mol. The first-order chi connectivity index (χ1) is 10.7. The molecule has 1 heterocycles. The molecule has 0 radical (unpaired) electrons. The number of hydrogen-bond donors (Lipinski definition) is 1. The van der Waals surface area contributed by atoms with Gasteiger partial charge in [-0.1, -0.05) is 30.3 Å². The van der Waals surface area contributed by atoms with Gasteiger partial charge in [-0.3, -0.25) is 0 Å². The number of halogens is 1. The number of hydrogen-bond acceptors (Lipinski definition) is 2. The van der Waals surface area contributed by atoms with Gasteiger partial charge in [0.25, 0.3) is 0 Å². The molecule has 0 fully saturated rings. The number of fused-ring (bicyclic) bond motifs is 1. The smallest absolute Gasteiger partial charge is 0.165 e. The summed E-state index contributed by atoms with van der Waals surface area (Å²) in [5.74, 6) is -0.0706. The summed E-state index contributed by atoms with van der Waals surface area (Å²) in [6.07, 6.45) is 0. The zero-order chi connectivity index (χ0) is 15.5. The lowest BCUT2D eigenvalue weighted by atomic mass is 10.1. The second-order valence-electron chi connectivity index (χ2n) is 5.16. The Labute approximate surface area is 129 Å². The van der Waals surface area contributed by atoms with Gasteiger partial charge in [-0.2, -0.15) is 0 Å². The first-order valence-corrected chi connectivity index (χ1v) is 7.42. The highest BCUT2D eigenvalue weighted by molar-refractivity contribution is 5.84. The largest absolute Gasteiger partial charge is 0.484 e. The van der Waals surface area contributed by atoms with E-state index in [0.29, 0.717) is 13.2 Å². The number of aromatic nitrogens is 1. The van der Waals surface area contributed by atoms with Crippen molar-refractivity contribution in [2.75, 3.05) is 0 Å². The van der Waals surface area contributed by atoms with Gasteiger partial charge in [0.05, 0.1) is 11.2 Å². The molecule has 0 atom stereocenters. The van der Waals surface area contributed by atoms with E-state index in [0.717, 1.165) is 28.7 Å². The zero-order valence-electron chi connectivity index (χ0n) is 12.6. The van der Waals surface area contributed by atoms with Crippen LogP contribution in [-0.4, -0.2) is 4.57 Å². The predicted octanol–water partition coefficient (Wildman–Crippen LogP) is 3.84. The molecule has 0 spiro atoms. The highest BCUT2D eigenvalue weighted by atomic mass is 19.1. The minimum absolute atomic E-state index is 0.273. The average Bonchev–Trinajstić information content (AvgIpc) is 2.91. The molecule has 114 valence electrons. The SMILES string of the molecule is CCn1c(COc2ccccc2F)cc2cccc(CN)c21. The van der Waals surface area contributed by atoms with Crippen LogP contribution < -0.4 is 10.5 Å². The van der Waals surface area contributed by atoms with Crippen LogP contribution in [0.1, 0.15) is 18.2 Å². The molecule has 4 heteroatoms. The van der Waals surface area contributed by atoms with E-state index in [1.165, 1.54) is 6.07 Å². The normalized spacial score (nSPS) is 11.0. The van der Waals surface area contributed by atoms with Gasteiger partial charge in [0, 0.05) is 18.5 Å². The van der Waals surface area contributed by atoms with Crippen LogP contribution in [0.25, 0.3) is 10.9 Å². The zero-order valence-corrected chi connectivity index (χ0v) is 12.6. The molecule has 1 aromatic heterocycles. The Bertz CT molecular complexity index is 795. The Morgan fingerprint density at radius 2 is 1.95 bits per heavy atom. The Hall–Kier alpha value is -2.33. The molecule has 0 amide bonds. The standard InChI is InChI=1S/C18H19FN2O/c1-2-21-15(12-22-17-9-4-3-8-16(17)19)10-13-6-5-7-14(11-20)18(13)21/h3-10H,2,11-12,20H2,1H3. The lowest BCUT2D eigenvalue weighted by molar-refractivity contribution is 0.281. The maximum atomic E-state index is 13.6. The summed E-state index contributed by atoms with van der Waals surface area (Å²) in [6, 6.07) is 14.6. The van der Waals surface area contributed by atoms with Crippen LogP contribution in [0.5, 0.6) is 5.75 Å². The van der Waals surface area contributed by atoms with Crippen LogP contribution >= 0.6 is 0 Å². The third-order valence-electron chi connectivity index (χ3n) is 3.84. The van der Waals surface area contributed by atoms with Gasteiger partial charge in [0.2, 0.25) is 0 Å². The Morgan fingerprint density at radius 1 is 1.14 bits per heavy atom. The summed E-state index contributed by atoms with van der Waals surface area (Å²) in [5.41, 5.74) is 9.10. The number of nitrogens with two attached hydrogens (primary N) is 1. The molecule has 2 aromatic carbocycles. The number of aryl methyl sites for hydroxylation is 1. The van der Waals surface area contributed by atoms with Gasteiger partial charge >= 0.3 is 0 Å². The van der Waals surface area contributed by atoms with Gasteiger partial charge in [0.1, 0.15) is 6.61 Å². The number of benzene rings is 2. The quantitative estimate of drug-likeness (QED) is 0.777. The van der Waals surface area contributed by atoms with Crippen molar-refractivity contribution < 1.29 is 9.13 Å². The molecule has 3 aromatic rings. The molecule has 0 saturated carbocycles. The Kier molecular flexibility index (Phi) is 4.11. The van der Waals surface area contributed by atoms with Gasteiger partial charge < -0.3 is 15.0 Å². The van der Waals surface area contributed by atoms with E-state index in [-0.39, 0.29) is 11.6 Å². The van der Waals surface area contributed by atoms with E-state index in [9.17, 15) is 4.39 Å². The molecular weight excluding hydrogens is 279 g/mol. The van der Waals surface area contributed by atoms with Crippen LogP contribution in [0.2, 0.25) is 0 Å². The third kappa shape index (κ3) is 2.57. The minimum atomic E-state index is -0.343. The molecule has 0 unspecified atom stereocenters. The number of nitrogens with zero attached hydrogens (tertiary/aromatic N) is 1. The third-order valence-corrected chi connectivity index (χ3v) is 3.84. The van der Waals surface area contributed by atoms with Crippen LogP contribution in [0, 0.1) is 5.82 Å². The summed E-state index contributed by atoms with van der Waals surface area (Å²) in [5, 5.41) is 1.14. The van der Waals surface area contributed by atoms with E-state index >= 15 is 0 Å². The molecule has 2 N–H and O–H groups in total. The monoisotopic (exact) mass is 298 g/mol. The van der Waals surface area contributed by atoms with Crippen molar-refractivity contribution in [3.05, 3.63) is 65.6 Å². The summed E-state index contributed by atoms with van der Waals surface area (Å²) < 4.78 is 21.5. The van der Waals surface area contributed by atoms with Crippen molar-refractivity contribution in [3.63, 3.8) is 0 Å². The van der Waals surface area contributed by atoms with Crippen molar-refractivity contribution in [2.24, 2.45) is 5.73 Å². The van der Waals surface area contributed by atoms with E-state index in [1.807, 2.05) is 12.1 Å². The van der Waals surface area contributed by atoms with E-state index in [1.54, 1.807) is 18.2 Å². The van der Waals surface area contributed by atoms with Crippen molar-refractivity contribution in [2.45, 2.75) is 26.6 Å². The fourth-order valence-electron chi connectivity index (χ4n) is 2.82. The summed E-state index contributed by atoms with van der Waals surface area (Å²) in [6.45, 7) is 3.72. The maximum absolute atomic E-state index is 13.6. The topological polar surface area (TPSA) is 40.2 Å². The molecule has 3 nitrogen and oxygen atoms in total. The van der Waals surface area contributed by atoms with E-state index in [4.69, 9.17) is 10.5 Å². The van der Waals surface area contributed by atoms with Crippen molar-refractivity contribution in [1.29, 1.82) is 0 Å². The van der Waals surface area contributed by atoms with E-state index in [2.05, 4.69) is 23.6 Å². The molecular formula is C18H19FN2O. The Balaban J connectivity index is 1.96.